The Hall–Kier alpha value is -1.06. The van der Waals surface area contributed by atoms with Gasteiger partial charge in [-0.1, -0.05) is 41.5 Å². The number of hydrogen-bond acceptors (Lipinski definition) is 4. The maximum atomic E-state index is 13.4. The third-order valence-electron chi connectivity index (χ3n) is 6.99. The van der Waals surface area contributed by atoms with E-state index in [1.165, 1.54) is 0 Å². The lowest BCUT2D eigenvalue weighted by molar-refractivity contribution is -0.195. The zero-order valence-corrected chi connectivity index (χ0v) is 17.6. The molecule has 0 aromatic heterocycles. The Morgan fingerprint density at radius 3 is 2.42 bits per heavy atom. The van der Waals surface area contributed by atoms with E-state index in [0.29, 0.717) is 12.8 Å². The van der Waals surface area contributed by atoms with Crippen LogP contribution in [0.25, 0.3) is 0 Å². The molecule has 0 amide bonds. The predicted molar refractivity (Wildman–Crippen MR) is 100 cm³/mol. The van der Waals surface area contributed by atoms with E-state index < -0.39 is 11.0 Å². The molecule has 4 bridgehead atoms. The van der Waals surface area contributed by atoms with Gasteiger partial charge in [0.1, 0.15) is 11.7 Å². The number of hydrogen-bond donors (Lipinski definition) is 0. The Balaban J connectivity index is 1.87. The van der Waals surface area contributed by atoms with E-state index in [1.54, 1.807) is 0 Å². The van der Waals surface area contributed by atoms with Gasteiger partial charge in [0.25, 0.3) is 0 Å². The zero-order valence-electron chi connectivity index (χ0n) is 17.6. The summed E-state index contributed by atoms with van der Waals surface area (Å²) in [6.45, 7) is 15.0. The molecule has 2 saturated heterocycles. The second kappa shape index (κ2) is 5.97. The molecule has 2 aliphatic heterocycles. The van der Waals surface area contributed by atoms with Gasteiger partial charge in [-0.25, -0.2) is 0 Å². The SMILES string of the molecule is CC(C)C(C)(CC(C)(C)C)C(=O)OC12CC3CC(C)(CC(C1)C(=O)O3)C2. The van der Waals surface area contributed by atoms with E-state index in [1.807, 2.05) is 6.92 Å². The molecule has 4 fully saturated rings. The quantitative estimate of drug-likeness (QED) is 0.666. The fourth-order valence-electron chi connectivity index (χ4n) is 5.94. The van der Waals surface area contributed by atoms with Gasteiger partial charge >= 0.3 is 11.9 Å². The van der Waals surface area contributed by atoms with Crippen LogP contribution in [0.2, 0.25) is 0 Å². The van der Waals surface area contributed by atoms with Crippen LogP contribution in [-0.2, 0) is 19.1 Å². The Labute approximate surface area is 158 Å². The van der Waals surface area contributed by atoms with Gasteiger partial charge < -0.3 is 9.47 Å². The van der Waals surface area contributed by atoms with Crippen LogP contribution in [0.3, 0.4) is 0 Å². The van der Waals surface area contributed by atoms with Crippen molar-refractivity contribution < 1.29 is 19.1 Å². The average Bonchev–Trinajstić information content (AvgIpc) is 2.56. The molecule has 2 heterocycles. The van der Waals surface area contributed by atoms with Gasteiger partial charge in [0.05, 0.1) is 11.3 Å². The molecule has 2 aliphatic carbocycles. The molecule has 2 saturated carbocycles. The van der Waals surface area contributed by atoms with Crippen LogP contribution in [0, 0.1) is 28.1 Å². The summed E-state index contributed by atoms with van der Waals surface area (Å²) in [6, 6.07) is 0. The highest BCUT2D eigenvalue weighted by atomic mass is 16.6. The lowest BCUT2D eigenvalue weighted by atomic mass is 9.57. The summed E-state index contributed by atoms with van der Waals surface area (Å²) in [5.74, 6) is -0.112. The molecule has 0 aromatic rings. The van der Waals surface area contributed by atoms with Crippen LogP contribution in [0.4, 0.5) is 0 Å². The summed E-state index contributed by atoms with van der Waals surface area (Å²) in [7, 11) is 0. The third-order valence-corrected chi connectivity index (χ3v) is 6.99. The monoisotopic (exact) mass is 364 g/mol. The van der Waals surface area contributed by atoms with E-state index in [2.05, 4.69) is 41.5 Å². The molecule has 0 spiro atoms. The van der Waals surface area contributed by atoms with Crippen molar-refractivity contribution in [2.24, 2.45) is 28.1 Å². The first-order chi connectivity index (χ1) is 11.8. The van der Waals surface area contributed by atoms with E-state index in [4.69, 9.17) is 9.47 Å². The van der Waals surface area contributed by atoms with Crippen LogP contribution < -0.4 is 0 Å². The largest absolute Gasteiger partial charge is 0.462 e. The number of rotatable bonds is 4. The summed E-state index contributed by atoms with van der Waals surface area (Å²) in [6.07, 6.45) is 4.61. The molecule has 5 atom stereocenters. The third kappa shape index (κ3) is 3.53. The maximum absolute atomic E-state index is 13.4. The fourth-order valence-corrected chi connectivity index (χ4v) is 5.94. The van der Waals surface area contributed by atoms with Gasteiger partial charge in [0.2, 0.25) is 0 Å². The summed E-state index contributed by atoms with van der Waals surface area (Å²) in [5.41, 5.74) is -0.974. The standard InChI is InChI=1S/C22H36O4/c1-14(2)21(7,12-19(3,4)5)18(24)26-22-9-15-8-20(6,13-22)10-16(11-22)25-17(15)23/h14-16H,8-13H2,1-7H3. The fraction of sp³-hybridized carbons (Fsp3) is 0.909. The number of esters is 2. The van der Waals surface area contributed by atoms with Gasteiger partial charge in [-0.3, -0.25) is 9.59 Å². The van der Waals surface area contributed by atoms with Crippen molar-refractivity contribution in [1.82, 2.24) is 0 Å². The maximum Gasteiger partial charge on any atom is 0.312 e. The van der Waals surface area contributed by atoms with Crippen LogP contribution in [0.5, 0.6) is 0 Å². The van der Waals surface area contributed by atoms with E-state index in [0.717, 1.165) is 25.7 Å². The first kappa shape index (κ1) is 19.7. The molecular formula is C22H36O4. The van der Waals surface area contributed by atoms with Crippen LogP contribution >= 0.6 is 0 Å². The van der Waals surface area contributed by atoms with Crippen molar-refractivity contribution in [3.05, 3.63) is 0 Å². The van der Waals surface area contributed by atoms with Crippen molar-refractivity contribution >= 4 is 11.9 Å². The minimum atomic E-state index is -0.530. The minimum absolute atomic E-state index is 0.0382. The van der Waals surface area contributed by atoms with E-state index in [-0.39, 0.29) is 40.7 Å². The summed E-state index contributed by atoms with van der Waals surface area (Å²) in [5, 5.41) is 0. The minimum Gasteiger partial charge on any atom is -0.462 e. The van der Waals surface area contributed by atoms with Crippen molar-refractivity contribution in [3.63, 3.8) is 0 Å². The molecule has 148 valence electrons. The first-order valence-corrected chi connectivity index (χ1v) is 10.2. The second-order valence-corrected chi connectivity index (χ2v) is 11.4. The zero-order chi connectivity index (χ0) is 19.5. The molecule has 5 unspecified atom stereocenters. The molecular weight excluding hydrogens is 328 g/mol. The molecule has 0 radical (unpaired) electrons. The Morgan fingerprint density at radius 1 is 1.19 bits per heavy atom. The summed E-state index contributed by atoms with van der Waals surface area (Å²) < 4.78 is 12.0. The van der Waals surface area contributed by atoms with Crippen molar-refractivity contribution in [2.45, 2.75) is 98.7 Å². The number of carbonyl (C=O) groups is 2. The normalized spacial score (nSPS) is 38.7. The summed E-state index contributed by atoms with van der Waals surface area (Å²) >= 11 is 0. The number of carbonyl (C=O) groups excluding carboxylic acids is 2. The first-order valence-electron chi connectivity index (χ1n) is 10.2. The van der Waals surface area contributed by atoms with Gasteiger partial charge in [-0.2, -0.15) is 0 Å². The lowest BCUT2D eigenvalue weighted by Crippen LogP contribution is -2.54. The molecule has 0 N–H and O–H groups in total. The Bertz CT molecular complexity index is 604. The van der Waals surface area contributed by atoms with Gasteiger partial charge in [0.15, 0.2) is 0 Å². The van der Waals surface area contributed by atoms with E-state index in [9.17, 15) is 9.59 Å². The smallest absolute Gasteiger partial charge is 0.312 e. The topological polar surface area (TPSA) is 52.6 Å². The van der Waals surface area contributed by atoms with Gasteiger partial charge in [-0.05, 0) is 49.4 Å². The second-order valence-electron chi connectivity index (χ2n) is 11.4. The van der Waals surface area contributed by atoms with Crippen molar-refractivity contribution in [1.29, 1.82) is 0 Å². The molecule has 4 heteroatoms. The molecule has 4 rings (SSSR count). The van der Waals surface area contributed by atoms with E-state index >= 15 is 0 Å². The van der Waals surface area contributed by atoms with Crippen LogP contribution in [-0.4, -0.2) is 23.6 Å². The van der Waals surface area contributed by atoms with Gasteiger partial charge in [0, 0.05) is 12.8 Å². The highest BCUT2D eigenvalue weighted by molar-refractivity contribution is 5.78. The molecule has 26 heavy (non-hydrogen) atoms. The highest BCUT2D eigenvalue weighted by Crippen LogP contribution is 2.58. The van der Waals surface area contributed by atoms with Crippen molar-refractivity contribution in [3.8, 4) is 0 Å². The number of ether oxygens (including phenoxy) is 2. The summed E-state index contributed by atoms with van der Waals surface area (Å²) in [4.78, 5) is 25.8. The molecule has 4 nitrogen and oxygen atoms in total. The molecule has 4 aliphatic rings. The highest BCUT2D eigenvalue weighted by Gasteiger charge is 2.60. The van der Waals surface area contributed by atoms with Gasteiger partial charge in [-0.15, -0.1) is 0 Å². The lowest BCUT2D eigenvalue weighted by Gasteiger charge is -2.52. The number of fused-ring (bicyclic) bond motifs is 1. The van der Waals surface area contributed by atoms with Crippen LogP contribution in [0.1, 0.15) is 87.0 Å². The molecule has 0 aromatic carbocycles. The average molecular weight is 365 g/mol. The predicted octanol–water partition coefficient (Wildman–Crippen LogP) is 4.89. The van der Waals surface area contributed by atoms with Crippen LogP contribution in [0.15, 0.2) is 0 Å². The van der Waals surface area contributed by atoms with Crippen molar-refractivity contribution in [2.75, 3.05) is 0 Å². The Morgan fingerprint density at radius 2 is 1.85 bits per heavy atom. The Kier molecular flexibility index (Phi) is 4.52.